The standard InChI is InChI=1S/C26H30N4O3S/c1-4-29(5-2)23-16-14-22(15-17-23)19-27-28-26(31)20-30(24-11-9-10-21(3)18-24)34(32,33)25-12-7-6-8-13-25/h6-19H,4-5,20H2,1-3H3,(H,28,31)/b27-19-. The zero-order valence-corrected chi connectivity index (χ0v) is 20.5. The zero-order chi connectivity index (χ0) is 24.6. The van der Waals surface area contributed by atoms with Gasteiger partial charge in [-0.15, -0.1) is 0 Å². The minimum absolute atomic E-state index is 0.112. The van der Waals surface area contributed by atoms with E-state index in [1.165, 1.54) is 18.3 Å². The van der Waals surface area contributed by atoms with Gasteiger partial charge >= 0.3 is 0 Å². The summed E-state index contributed by atoms with van der Waals surface area (Å²) in [7, 11) is -3.95. The van der Waals surface area contributed by atoms with E-state index in [-0.39, 0.29) is 4.90 Å². The van der Waals surface area contributed by atoms with Crippen molar-refractivity contribution in [2.24, 2.45) is 5.10 Å². The normalized spacial score (nSPS) is 11.4. The molecule has 0 aliphatic rings. The van der Waals surface area contributed by atoms with E-state index in [1.54, 1.807) is 36.4 Å². The number of hydrogen-bond acceptors (Lipinski definition) is 5. The average Bonchev–Trinajstić information content (AvgIpc) is 2.84. The molecule has 0 saturated heterocycles. The molecule has 34 heavy (non-hydrogen) atoms. The quantitative estimate of drug-likeness (QED) is 0.350. The van der Waals surface area contributed by atoms with Crippen molar-refractivity contribution in [1.29, 1.82) is 0 Å². The lowest BCUT2D eigenvalue weighted by Crippen LogP contribution is -2.39. The molecule has 3 rings (SSSR count). The lowest BCUT2D eigenvalue weighted by atomic mass is 10.2. The Morgan fingerprint density at radius 3 is 2.21 bits per heavy atom. The van der Waals surface area contributed by atoms with Gasteiger partial charge in [0, 0.05) is 18.8 Å². The molecule has 0 fully saturated rings. The maximum absolute atomic E-state index is 13.3. The van der Waals surface area contributed by atoms with Gasteiger partial charge in [0.15, 0.2) is 0 Å². The lowest BCUT2D eigenvalue weighted by Gasteiger charge is -2.24. The van der Waals surface area contributed by atoms with E-state index in [0.717, 1.165) is 34.2 Å². The molecule has 0 aromatic heterocycles. The van der Waals surface area contributed by atoms with Crippen LogP contribution in [0.4, 0.5) is 11.4 Å². The van der Waals surface area contributed by atoms with Crippen LogP contribution in [0.3, 0.4) is 0 Å². The molecule has 1 amide bonds. The number of aryl methyl sites for hydroxylation is 1. The minimum atomic E-state index is -3.95. The van der Waals surface area contributed by atoms with Gasteiger partial charge in [-0.2, -0.15) is 5.10 Å². The maximum Gasteiger partial charge on any atom is 0.264 e. The van der Waals surface area contributed by atoms with E-state index in [9.17, 15) is 13.2 Å². The van der Waals surface area contributed by atoms with Crippen LogP contribution in [0.15, 0.2) is 88.9 Å². The first-order valence-corrected chi connectivity index (χ1v) is 12.6. The van der Waals surface area contributed by atoms with Gasteiger partial charge in [0.1, 0.15) is 6.54 Å². The Labute approximate surface area is 201 Å². The second kappa shape index (κ2) is 11.5. The van der Waals surface area contributed by atoms with Crippen molar-refractivity contribution < 1.29 is 13.2 Å². The summed E-state index contributed by atoms with van der Waals surface area (Å²) >= 11 is 0. The van der Waals surface area contributed by atoms with Crippen molar-refractivity contribution in [2.75, 3.05) is 28.8 Å². The molecule has 0 saturated carbocycles. The molecule has 1 N–H and O–H groups in total. The molecule has 7 nitrogen and oxygen atoms in total. The summed E-state index contributed by atoms with van der Waals surface area (Å²) in [5.41, 5.74) is 5.68. The Balaban J connectivity index is 1.75. The molecule has 0 heterocycles. The Bertz CT molecular complexity index is 1220. The molecule has 0 bridgehead atoms. The van der Waals surface area contributed by atoms with Gasteiger partial charge in [0.25, 0.3) is 15.9 Å². The van der Waals surface area contributed by atoms with E-state index in [4.69, 9.17) is 0 Å². The average molecular weight is 479 g/mol. The molecule has 178 valence electrons. The second-order valence-electron chi connectivity index (χ2n) is 7.72. The first-order valence-electron chi connectivity index (χ1n) is 11.2. The number of hydrazone groups is 1. The highest BCUT2D eigenvalue weighted by Gasteiger charge is 2.27. The van der Waals surface area contributed by atoms with Crippen LogP contribution in [-0.4, -0.2) is 40.2 Å². The third kappa shape index (κ3) is 6.23. The topological polar surface area (TPSA) is 82.1 Å². The third-order valence-corrected chi connectivity index (χ3v) is 7.12. The fourth-order valence-electron chi connectivity index (χ4n) is 3.52. The van der Waals surface area contributed by atoms with Crippen LogP contribution in [0.1, 0.15) is 25.0 Å². The van der Waals surface area contributed by atoms with Crippen molar-refractivity contribution in [1.82, 2.24) is 5.43 Å². The molecule has 0 radical (unpaired) electrons. The van der Waals surface area contributed by atoms with Crippen molar-refractivity contribution in [3.8, 4) is 0 Å². The number of sulfonamides is 1. The summed E-state index contributed by atoms with van der Waals surface area (Å²) in [5, 5.41) is 4.02. The number of carbonyl (C=O) groups is 1. The first-order chi connectivity index (χ1) is 16.3. The van der Waals surface area contributed by atoms with E-state index in [2.05, 4.69) is 29.3 Å². The van der Waals surface area contributed by atoms with Gasteiger partial charge < -0.3 is 4.90 Å². The molecule has 0 atom stereocenters. The summed E-state index contributed by atoms with van der Waals surface area (Å²) in [6, 6.07) is 22.9. The molecule has 0 aliphatic carbocycles. The van der Waals surface area contributed by atoms with Crippen LogP contribution in [0.25, 0.3) is 0 Å². The molecule has 8 heteroatoms. The fraction of sp³-hybridized carbons (Fsp3) is 0.231. The predicted octanol–water partition coefficient (Wildman–Crippen LogP) is 4.19. The van der Waals surface area contributed by atoms with Crippen molar-refractivity contribution in [3.63, 3.8) is 0 Å². The molecular weight excluding hydrogens is 448 g/mol. The third-order valence-electron chi connectivity index (χ3n) is 5.33. The van der Waals surface area contributed by atoms with Crippen LogP contribution in [0, 0.1) is 6.92 Å². The zero-order valence-electron chi connectivity index (χ0n) is 19.7. The maximum atomic E-state index is 13.3. The number of nitrogens with one attached hydrogen (secondary N) is 1. The number of amides is 1. The number of nitrogens with zero attached hydrogens (tertiary/aromatic N) is 3. The summed E-state index contributed by atoms with van der Waals surface area (Å²) in [5.74, 6) is -0.544. The van der Waals surface area contributed by atoms with Gasteiger partial charge in [-0.05, 0) is 68.3 Å². The number of benzene rings is 3. The Kier molecular flexibility index (Phi) is 8.43. The number of rotatable bonds is 10. The van der Waals surface area contributed by atoms with Crippen molar-refractivity contribution in [2.45, 2.75) is 25.7 Å². The van der Waals surface area contributed by atoms with Crippen LogP contribution in [-0.2, 0) is 14.8 Å². The van der Waals surface area contributed by atoms with Crippen LogP contribution >= 0.6 is 0 Å². The molecular formula is C26H30N4O3S. The number of anilines is 2. The SMILES string of the molecule is CCN(CC)c1ccc(/C=N\NC(=O)CN(c2cccc(C)c2)S(=O)(=O)c2ccccc2)cc1. The smallest absolute Gasteiger partial charge is 0.264 e. The highest BCUT2D eigenvalue weighted by atomic mass is 32.2. The summed E-state index contributed by atoms with van der Waals surface area (Å²) < 4.78 is 27.7. The van der Waals surface area contributed by atoms with Gasteiger partial charge in [-0.3, -0.25) is 9.10 Å². The second-order valence-corrected chi connectivity index (χ2v) is 9.58. The number of carbonyl (C=O) groups excluding carboxylic acids is 1. The monoisotopic (exact) mass is 478 g/mol. The fourth-order valence-corrected chi connectivity index (χ4v) is 4.96. The Hall–Kier alpha value is -3.65. The highest BCUT2D eigenvalue weighted by molar-refractivity contribution is 7.92. The molecule has 0 unspecified atom stereocenters. The van der Waals surface area contributed by atoms with E-state index in [0.29, 0.717) is 5.69 Å². The van der Waals surface area contributed by atoms with E-state index < -0.39 is 22.5 Å². The number of hydrogen-bond donors (Lipinski definition) is 1. The van der Waals surface area contributed by atoms with Gasteiger partial charge in [0.2, 0.25) is 0 Å². The molecule has 0 aliphatic heterocycles. The van der Waals surface area contributed by atoms with Gasteiger partial charge in [-0.1, -0.05) is 42.5 Å². The van der Waals surface area contributed by atoms with Gasteiger partial charge in [0.05, 0.1) is 16.8 Å². The van der Waals surface area contributed by atoms with Crippen LogP contribution in [0.2, 0.25) is 0 Å². The lowest BCUT2D eigenvalue weighted by molar-refractivity contribution is -0.119. The van der Waals surface area contributed by atoms with Crippen LogP contribution in [0.5, 0.6) is 0 Å². The Morgan fingerprint density at radius 1 is 0.912 bits per heavy atom. The summed E-state index contributed by atoms with van der Waals surface area (Å²) in [6.07, 6.45) is 1.53. The predicted molar refractivity (Wildman–Crippen MR) is 138 cm³/mol. The Morgan fingerprint density at radius 2 is 1.59 bits per heavy atom. The molecule has 3 aromatic carbocycles. The summed E-state index contributed by atoms with van der Waals surface area (Å²) in [6.45, 7) is 7.51. The largest absolute Gasteiger partial charge is 0.372 e. The summed E-state index contributed by atoms with van der Waals surface area (Å²) in [4.78, 5) is 15.0. The highest BCUT2D eigenvalue weighted by Crippen LogP contribution is 2.24. The van der Waals surface area contributed by atoms with Crippen LogP contribution < -0.4 is 14.6 Å². The van der Waals surface area contributed by atoms with Gasteiger partial charge in [-0.25, -0.2) is 13.8 Å². The molecule has 3 aromatic rings. The van der Waals surface area contributed by atoms with Crippen molar-refractivity contribution >= 4 is 33.5 Å². The van der Waals surface area contributed by atoms with E-state index >= 15 is 0 Å². The first kappa shape index (κ1) is 25.0. The minimum Gasteiger partial charge on any atom is -0.372 e. The van der Waals surface area contributed by atoms with E-state index in [1.807, 2.05) is 37.3 Å². The molecule has 0 spiro atoms. The van der Waals surface area contributed by atoms with Crippen molar-refractivity contribution in [3.05, 3.63) is 90.0 Å².